The van der Waals surface area contributed by atoms with Crippen LogP contribution in [-0.2, 0) is 13.1 Å². The van der Waals surface area contributed by atoms with Gasteiger partial charge in [-0.15, -0.1) is 0 Å². The van der Waals surface area contributed by atoms with E-state index in [-0.39, 0.29) is 11.5 Å². The largest absolute Gasteiger partial charge is 0.348 e. The van der Waals surface area contributed by atoms with E-state index in [4.69, 9.17) is 0 Å². The van der Waals surface area contributed by atoms with Crippen molar-refractivity contribution in [3.05, 3.63) is 130 Å². The molecule has 0 atom stereocenters. The SMILES string of the molecule is CN(C)Cc1ccc(-c2ccccc2CNC(=O)c2ccc(-n3cnc4ccccc4c3=O)cc2)cc1. The number of carbonyl (C=O) groups excluding carboxylic acids is 1. The first-order valence-corrected chi connectivity index (χ1v) is 12.2. The Labute approximate surface area is 215 Å². The van der Waals surface area contributed by atoms with Crippen molar-refractivity contribution in [3.8, 4) is 16.8 Å². The average molecular weight is 489 g/mol. The molecule has 0 spiro atoms. The van der Waals surface area contributed by atoms with Crippen molar-refractivity contribution in [1.82, 2.24) is 19.8 Å². The highest BCUT2D eigenvalue weighted by atomic mass is 16.1. The quantitative estimate of drug-likeness (QED) is 0.348. The molecular formula is C31H28N4O2. The molecule has 184 valence electrons. The highest BCUT2D eigenvalue weighted by Gasteiger charge is 2.11. The normalized spacial score (nSPS) is 11.1. The fraction of sp³-hybridized carbons (Fsp3) is 0.129. The van der Waals surface area contributed by atoms with Crippen molar-refractivity contribution >= 4 is 16.8 Å². The van der Waals surface area contributed by atoms with Crippen molar-refractivity contribution in [2.45, 2.75) is 13.1 Å². The number of amides is 1. The highest BCUT2D eigenvalue weighted by molar-refractivity contribution is 5.94. The van der Waals surface area contributed by atoms with E-state index in [0.29, 0.717) is 28.7 Å². The Morgan fingerprint density at radius 1 is 0.865 bits per heavy atom. The van der Waals surface area contributed by atoms with E-state index in [1.54, 1.807) is 30.3 Å². The predicted molar refractivity (Wildman–Crippen MR) is 148 cm³/mol. The van der Waals surface area contributed by atoms with Gasteiger partial charge in [0.15, 0.2) is 0 Å². The van der Waals surface area contributed by atoms with Gasteiger partial charge in [-0.05, 0) is 72.7 Å². The smallest absolute Gasteiger partial charge is 0.265 e. The van der Waals surface area contributed by atoms with Gasteiger partial charge in [0.2, 0.25) is 0 Å². The van der Waals surface area contributed by atoms with E-state index in [1.165, 1.54) is 16.5 Å². The molecule has 6 heteroatoms. The molecule has 1 heterocycles. The van der Waals surface area contributed by atoms with Crippen molar-refractivity contribution in [1.29, 1.82) is 0 Å². The topological polar surface area (TPSA) is 67.2 Å². The van der Waals surface area contributed by atoms with Gasteiger partial charge in [-0.1, -0.05) is 60.7 Å². The summed E-state index contributed by atoms with van der Waals surface area (Å²) in [5.74, 6) is -0.174. The molecule has 0 saturated carbocycles. The Hall–Kier alpha value is -4.55. The Morgan fingerprint density at radius 3 is 2.32 bits per heavy atom. The van der Waals surface area contributed by atoms with Crippen LogP contribution in [0.1, 0.15) is 21.5 Å². The van der Waals surface area contributed by atoms with Crippen LogP contribution in [0.15, 0.2) is 108 Å². The van der Waals surface area contributed by atoms with Crippen molar-refractivity contribution in [2.24, 2.45) is 0 Å². The molecule has 5 aromatic rings. The molecule has 1 amide bonds. The van der Waals surface area contributed by atoms with Crippen LogP contribution in [-0.4, -0.2) is 34.5 Å². The molecule has 0 aliphatic rings. The van der Waals surface area contributed by atoms with E-state index in [0.717, 1.165) is 23.2 Å². The molecule has 0 bridgehead atoms. The molecule has 37 heavy (non-hydrogen) atoms. The van der Waals surface area contributed by atoms with Crippen LogP contribution in [0.3, 0.4) is 0 Å². The minimum Gasteiger partial charge on any atom is -0.348 e. The number of para-hydroxylation sites is 1. The van der Waals surface area contributed by atoms with E-state index in [9.17, 15) is 9.59 Å². The lowest BCUT2D eigenvalue weighted by atomic mass is 9.98. The monoisotopic (exact) mass is 488 g/mol. The fourth-order valence-corrected chi connectivity index (χ4v) is 4.42. The summed E-state index contributed by atoms with van der Waals surface area (Å²) < 4.78 is 1.49. The number of nitrogens with zero attached hydrogens (tertiary/aromatic N) is 3. The lowest BCUT2D eigenvalue weighted by Crippen LogP contribution is -2.23. The summed E-state index contributed by atoms with van der Waals surface area (Å²) in [7, 11) is 4.11. The molecule has 0 saturated heterocycles. The molecular weight excluding hydrogens is 460 g/mol. The summed E-state index contributed by atoms with van der Waals surface area (Å²) in [6, 6.07) is 30.9. The van der Waals surface area contributed by atoms with Gasteiger partial charge in [0, 0.05) is 18.7 Å². The Bertz CT molecular complexity index is 1600. The van der Waals surface area contributed by atoms with Gasteiger partial charge in [-0.3, -0.25) is 14.2 Å². The van der Waals surface area contributed by atoms with Crippen LogP contribution in [0.2, 0.25) is 0 Å². The number of rotatable bonds is 7. The number of benzene rings is 4. The fourth-order valence-electron chi connectivity index (χ4n) is 4.42. The Kier molecular flexibility index (Phi) is 6.92. The molecule has 1 aromatic heterocycles. The second kappa shape index (κ2) is 10.6. The number of carbonyl (C=O) groups is 1. The van der Waals surface area contributed by atoms with Crippen molar-refractivity contribution < 1.29 is 4.79 Å². The van der Waals surface area contributed by atoms with Crippen molar-refractivity contribution in [2.75, 3.05) is 14.1 Å². The number of fused-ring (bicyclic) bond motifs is 1. The second-order valence-corrected chi connectivity index (χ2v) is 9.26. The first-order chi connectivity index (χ1) is 18.0. The first-order valence-electron chi connectivity index (χ1n) is 12.2. The third-order valence-electron chi connectivity index (χ3n) is 6.29. The maximum absolute atomic E-state index is 12.9. The van der Waals surface area contributed by atoms with Crippen molar-refractivity contribution in [3.63, 3.8) is 0 Å². The van der Waals surface area contributed by atoms with Gasteiger partial charge in [-0.25, -0.2) is 4.98 Å². The lowest BCUT2D eigenvalue weighted by molar-refractivity contribution is 0.0951. The predicted octanol–water partition coefficient (Wildman–Crippen LogP) is 5.04. The van der Waals surface area contributed by atoms with E-state index in [2.05, 4.69) is 59.6 Å². The Balaban J connectivity index is 1.30. The summed E-state index contributed by atoms with van der Waals surface area (Å²) in [6.45, 7) is 1.30. The summed E-state index contributed by atoms with van der Waals surface area (Å²) in [5.41, 5.74) is 6.20. The molecule has 0 fully saturated rings. The molecule has 0 aliphatic carbocycles. The molecule has 0 unspecified atom stereocenters. The highest BCUT2D eigenvalue weighted by Crippen LogP contribution is 2.24. The average Bonchev–Trinajstić information content (AvgIpc) is 2.92. The van der Waals surface area contributed by atoms with Gasteiger partial charge in [0.05, 0.1) is 16.6 Å². The summed E-state index contributed by atoms with van der Waals surface area (Å²) >= 11 is 0. The van der Waals surface area contributed by atoms with Gasteiger partial charge in [0.25, 0.3) is 11.5 Å². The molecule has 4 aromatic carbocycles. The van der Waals surface area contributed by atoms with E-state index in [1.807, 2.05) is 36.4 Å². The van der Waals surface area contributed by atoms with Gasteiger partial charge in [-0.2, -0.15) is 0 Å². The standard InChI is InChI=1S/C31H28N4O2/c1-34(2)20-22-11-13-23(14-12-22)27-8-4-3-7-25(27)19-32-30(36)24-15-17-26(18-16-24)35-21-33-29-10-6-5-9-28(29)31(35)37/h3-18,21H,19-20H2,1-2H3,(H,32,36). The zero-order valence-electron chi connectivity index (χ0n) is 20.9. The van der Waals surface area contributed by atoms with Crippen LogP contribution < -0.4 is 10.9 Å². The minimum absolute atomic E-state index is 0.144. The molecule has 1 N–H and O–H groups in total. The van der Waals surface area contributed by atoms with Gasteiger partial charge in [0.1, 0.15) is 6.33 Å². The number of hydrogen-bond acceptors (Lipinski definition) is 4. The van der Waals surface area contributed by atoms with Gasteiger partial charge >= 0.3 is 0 Å². The zero-order valence-corrected chi connectivity index (χ0v) is 20.9. The van der Waals surface area contributed by atoms with Crippen LogP contribution in [0.4, 0.5) is 0 Å². The third kappa shape index (κ3) is 5.34. The summed E-state index contributed by atoms with van der Waals surface area (Å²) in [4.78, 5) is 32.3. The lowest BCUT2D eigenvalue weighted by Gasteiger charge is -2.13. The zero-order chi connectivity index (χ0) is 25.8. The van der Waals surface area contributed by atoms with Gasteiger partial charge < -0.3 is 10.2 Å². The maximum Gasteiger partial charge on any atom is 0.265 e. The van der Waals surface area contributed by atoms with Crippen LogP contribution in [0, 0.1) is 0 Å². The molecule has 6 nitrogen and oxygen atoms in total. The Morgan fingerprint density at radius 2 is 1.57 bits per heavy atom. The number of hydrogen-bond donors (Lipinski definition) is 1. The van der Waals surface area contributed by atoms with E-state index >= 15 is 0 Å². The minimum atomic E-state index is -0.174. The molecule has 5 rings (SSSR count). The summed E-state index contributed by atoms with van der Waals surface area (Å²) in [5, 5.41) is 3.58. The molecule has 0 aliphatic heterocycles. The number of aromatic nitrogens is 2. The number of nitrogens with one attached hydrogen (secondary N) is 1. The first kappa shape index (κ1) is 24.2. The van der Waals surface area contributed by atoms with Crippen LogP contribution in [0.25, 0.3) is 27.7 Å². The second-order valence-electron chi connectivity index (χ2n) is 9.26. The molecule has 0 radical (unpaired) electrons. The van der Waals surface area contributed by atoms with Crippen LogP contribution in [0.5, 0.6) is 0 Å². The maximum atomic E-state index is 12.9. The summed E-state index contributed by atoms with van der Waals surface area (Å²) in [6.07, 6.45) is 1.52. The van der Waals surface area contributed by atoms with Crippen LogP contribution >= 0.6 is 0 Å². The van der Waals surface area contributed by atoms with E-state index < -0.39 is 0 Å². The third-order valence-corrected chi connectivity index (χ3v) is 6.29.